The molecule has 0 aliphatic carbocycles. The molecular weight excluding hydrogens is 312 g/mol. The molecule has 2 aromatic heterocycles. The van der Waals surface area contributed by atoms with Gasteiger partial charge < -0.3 is 5.32 Å². The molecule has 7 heteroatoms. The molecule has 0 atom stereocenters. The normalized spacial score (nSPS) is 10.3. The molecule has 23 heavy (non-hydrogen) atoms. The predicted molar refractivity (Wildman–Crippen MR) is 88.0 cm³/mol. The van der Waals surface area contributed by atoms with Gasteiger partial charge in [-0.05, 0) is 6.07 Å². The molecule has 0 amide bonds. The van der Waals surface area contributed by atoms with Gasteiger partial charge in [-0.25, -0.2) is 9.97 Å². The van der Waals surface area contributed by atoms with E-state index in [1.54, 1.807) is 6.07 Å². The molecular formula is C16H13ClN6. The Morgan fingerprint density at radius 2 is 2.09 bits per heavy atom. The lowest BCUT2D eigenvalue weighted by Crippen LogP contribution is -2.08. The minimum absolute atomic E-state index is 0.423. The van der Waals surface area contributed by atoms with E-state index in [4.69, 9.17) is 16.9 Å². The van der Waals surface area contributed by atoms with Crippen molar-refractivity contribution in [2.45, 2.75) is 6.42 Å². The summed E-state index contributed by atoms with van der Waals surface area (Å²) in [7, 11) is 0. The third-order valence-electron chi connectivity index (χ3n) is 3.19. The minimum atomic E-state index is 0.423. The van der Waals surface area contributed by atoms with Crippen LogP contribution < -0.4 is 5.32 Å². The smallest absolute Gasteiger partial charge is 0.181 e. The van der Waals surface area contributed by atoms with Crippen LogP contribution in [0.1, 0.15) is 11.4 Å². The van der Waals surface area contributed by atoms with Crippen molar-refractivity contribution in [1.29, 1.82) is 5.26 Å². The van der Waals surface area contributed by atoms with Crippen molar-refractivity contribution in [1.82, 2.24) is 20.2 Å². The first kappa shape index (κ1) is 15.0. The van der Waals surface area contributed by atoms with Crippen molar-refractivity contribution >= 4 is 17.4 Å². The quantitative estimate of drug-likeness (QED) is 0.752. The third-order valence-corrected chi connectivity index (χ3v) is 3.48. The molecule has 3 aromatic rings. The van der Waals surface area contributed by atoms with E-state index in [9.17, 15) is 0 Å². The Morgan fingerprint density at radius 3 is 2.83 bits per heavy atom. The lowest BCUT2D eigenvalue weighted by atomic mass is 10.2. The van der Waals surface area contributed by atoms with Crippen LogP contribution in [-0.4, -0.2) is 26.7 Å². The van der Waals surface area contributed by atoms with Gasteiger partial charge in [-0.3, -0.25) is 5.10 Å². The first-order valence-electron chi connectivity index (χ1n) is 7.02. The van der Waals surface area contributed by atoms with Gasteiger partial charge in [-0.15, -0.1) is 0 Å². The average Bonchev–Trinajstić information content (AvgIpc) is 3.06. The van der Waals surface area contributed by atoms with Gasteiger partial charge in [0.05, 0.1) is 10.6 Å². The Morgan fingerprint density at radius 1 is 1.26 bits per heavy atom. The van der Waals surface area contributed by atoms with E-state index in [0.717, 1.165) is 11.4 Å². The van der Waals surface area contributed by atoms with Crippen LogP contribution in [-0.2, 0) is 6.42 Å². The highest BCUT2D eigenvalue weighted by molar-refractivity contribution is 6.33. The summed E-state index contributed by atoms with van der Waals surface area (Å²) in [4.78, 5) is 8.58. The number of aromatic nitrogens is 4. The number of H-pyrrole nitrogens is 1. The van der Waals surface area contributed by atoms with E-state index >= 15 is 0 Å². The van der Waals surface area contributed by atoms with Gasteiger partial charge in [-0.1, -0.05) is 41.9 Å². The van der Waals surface area contributed by atoms with Crippen LogP contribution in [0.15, 0.2) is 42.6 Å². The van der Waals surface area contributed by atoms with E-state index in [1.165, 1.54) is 6.20 Å². The Kier molecular flexibility index (Phi) is 4.50. The number of nitrogens with zero attached hydrogens (tertiary/aromatic N) is 4. The number of rotatable bonds is 5. The van der Waals surface area contributed by atoms with Gasteiger partial charge in [0.25, 0.3) is 0 Å². The van der Waals surface area contributed by atoms with Gasteiger partial charge in [0.1, 0.15) is 17.7 Å². The summed E-state index contributed by atoms with van der Waals surface area (Å²) in [5, 5.41) is 19.5. The fourth-order valence-corrected chi connectivity index (χ4v) is 2.29. The van der Waals surface area contributed by atoms with Gasteiger partial charge in [0.15, 0.2) is 5.82 Å². The summed E-state index contributed by atoms with van der Waals surface area (Å²) in [5.41, 5.74) is 1.41. The van der Waals surface area contributed by atoms with Crippen molar-refractivity contribution in [3.63, 3.8) is 0 Å². The zero-order valence-corrected chi connectivity index (χ0v) is 12.9. The molecule has 1 aromatic carbocycles. The number of benzene rings is 1. The zero-order chi connectivity index (χ0) is 16.1. The maximum atomic E-state index is 8.79. The number of nitriles is 1. The van der Waals surface area contributed by atoms with E-state index in [1.807, 2.05) is 36.4 Å². The van der Waals surface area contributed by atoms with Crippen LogP contribution in [0.25, 0.3) is 11.4 Å². The maximum absolute atomic E-state index is 8.79. The molecule has 0 saturated carbocycles. The number of halogens is 1. The summed E-state index contributed by atoms with van der Waals surface area (Å²) in [6, 6.07) is 13.4. The number of hydrogen-bond donors (Lipinski definition) is 2. The number of anilines is 1. The summed E-state index contributed by atoms with van der Waals surface area (Å²) < 4.78 is 0. The number of nitrogens with one attached hydrogen (secondary N) is 2. The minimum Gasteiger partial charge on any atom is -0.368 e. The maximum Gasteiger partial charge on any atom is 0.181 e. The molecule has 2 heterocycles. The van der Waals surface area contributed by atoms with Crippen molar-refractivity contribution < 1.29 is 0 Å². The molecule has 0 radical (unpaired) electrons. The molecule has 0 unspecified atom stereocenters. The second kappa shape index (κ2) is 6.90. The summed E-state index contributed by atoms with van der Waals surface area (Å²) >= 11 is 6.06. The molecule has 0 fully saturated rings. The molecule has 0 aliphatic rings. The van der Waals surface area contributed by atoms with Crippen molar-refractivity contribution in [3.05, 3.63) is 59.0 Å². The summed E-state index contributed by atoms with van der Waals surface area (Å²) in [5.74, 6) is 2.00. The highest BCUT2D eigenvalue weighted by Gasteiger charge is 2.06. The van der Waals surface area contributed by atoms with Crippen LogP contribution in [0.5, 0.6) is 0 Å². The lowest BCUT2D eigenvalue weighted by molar-refractivity contribution is 0.897. The zero-order valence-electron chi connectivity index (χ0n) is 12.1. The largest absolute Gasteiger partial charge is 0.368 e. The first-order chi connectivity index (χ1) is 11.3. The van der Waals surface area contributed by atoms with Crippen molar-refractivity contribution in [2.75, 3.05) is 11.9 Å². The predicted octanol–water partition coefficient (Wildman–Crippen LogP) is 3.05. The molecule has 114 valence electrons. The van der Waals surface area contributed by atoms with E-state index in [0.29, 0.717) is 35.2 Å². The second-order valence-corrected chi connectivity index (χ2v) is 5.22. The number of pyridine rings is 1. The highest BCUT2D eigenvalue weighted by atomic mass is 35.5. The monoisotopic (exact) mass is 324 g/mol. The lowest BCUT2D eigenvalue weighted by Gasteiger charge is -2.05. The SMILES string of the molecule is N#Cc1cnc(NCCc2nc(-c3ccccc3)n[nH]2)c(Cl)c1. The number of aromatic amines is 1. The Hall–Kier alpha value is -2.91. The van der Waals surface area contributed by atoms with Gasteiger partial charge in [0.2, 0.25) is 0 Å². The van der Waals surface area contributed by atoms with Gasteiger partial charge in [0, 0.05) is 24.7 Å². The molecule has 0 spiro atoms. The molecule has 0 aliphatic heterocycles. The van der Waals surface area contributed by atoms with Crippen LogP contribution in [0.4, 0.5) is 5.82 Å². The van der Waals surface area contributed by atoms with Gasteiger partial charge in [-0.2, -0.15) is 10.4 Å². The van der Waals surface area contributed by atoms with E-state index in [-0.39, 0.29) is 0 Å². The van der Waals surface area contributed by atoms with Crippen molar-refractivity contribution in [3.8, 4) is 17.5 Å². The highest BCUT2D eigenvalue weighted by Crippen LogP contribution is 2.19. The summed E-state index contributed by atoms with van der Waals surface area (Å²) in [6.45, 7) is 0.599. The fourth-order valence-electron chi connectivity index (χ4n) is 2.05. The molecule has 0 saturated heterocycles. The van der Waals surface area contributed by atoms with Crippen LogP contribution in [0, 0.1) is 11.3 Å². The third kappa shape index (κ3) is 3.65. The molecule has 6 nitrogen and oxygen atoms in total. The first-order valence-corrected chi connectivity index (χ1v) is 7.40. The van der Waals surface area contributed by atoms with E-state index < -0.39 is 0 Å². The standard InChI is InChI=1S/C16H13ClN6/c17-13-8-11(9-18)10-20-16(13)19-7-6-14-21-15(23-22-14)12-4-2-1-3-5-12/h1-5,8,10H,6-7H2,(H,19,20)(H,21,22,23). The Balaban J connectivity index is 1.59. The van der Waals surface area contributed by atoms with Crippen molar-refractivity contribution in [2.24, 2.45) is 0 Å². The topological polar surface area (TPSA) is 90.3 Å². The molecule has 0 bridgehead atoms. The van der Waals surface area contributed by atoms with Crippen LogP contribution in [0.2, 0.25) is 5.02 Å². The van der Waals surface area contributed by atoms with E-state index in [2.05, 4.69) is 25.5 Å². The number of hydrogen-bond acceptors (Lipinski definition) is 5. The fraction of sp³-hybridized carbons (Fsp3) is 0.125. The average molecular weight is 325 g/mol. The summed E-state index contributed by atoms with van der Waals surface area (Å²) in [6.07, 6.45) is 2.13. The Labute approximate surface area is 138 Å². The Bertz CT molecular complexity index is 837. The second-order valence-electron chi connectivity index (χ2n) is 4.81. The van der Waals surface area contributed by atoms with Gasteiger partial charge >= 0.3 is 0 Å². The van der Waals surface area contributed by atoms with Crippen LogP contribution in [0.3, 0.4) is 0 Å². The molecule has 3 rings (SSSR count). The van der Waals surface area contributed by atoms with Crippen LogP contribution >= 0.6 is 11.6 Å². The molecule has 2 N–H and O–H groups in total.